The molecule has 25 heavy (non-hydrogen) atoms. The Morgan fingerprint density at radius 2 is 1.88 bits per heavy atom. The quantitative estimate of drug-likeness (QED) is 0.787. The van der Waals surface area contributed by atoms with Crippen LogP contribution in [-0.4, -0.2) is 57.6 Å². The number of rotatable bonds is 3. The van der Waals surface area contributed by atoms with Gasteiger partial charge in [-0.2, -0.15) is 4.98 Å². The van der Waals surface area contributed by atoms with Gasteiger partial charge in [0.05, 0.1) is 0 Å². The van der Waals surface area contributed by atoms with Crippen molar-refractivity contribution in [3.8, 4) is 5.82 Å². The van der Waals surface area contributed by atoms with Crippen molar-refractivity contribution >= 4 is 22.7 Å². The van der Waals surface area contributed by atoms with Gasteiger partial charge in [-0.05, 0) is 51.2 Å². The van der Waals surface area contributed by atoms with Crippen molar-refractivity contribution in [3.63, 3.8) is 0 Å². The number of anilines is 2. The lowest BCUT2D eigenvalue weighted by Gasteiger charge is -2.36. The fraction of sp³-hybridized carbons (Fsp3) is 0.389. The van der Waals surface area contributed by atoms with E-state index in [1.54, 1.807) is 6.20 Å². The van der Waals surface area contributed by atoms with E-state index in [1.807, 2.05) is 23.0 Å². The molecule has 7 nitrogen and oxygen atoms in total. The second kappa shape index (κ2) is 6.33. The molecule has 0 radical (unpaired) electrons. The summed E-state index contributed by atoms with van der Waals surface area (Å²) in [6.45, 7) is 2.29. The molecule has 1 aliphatic rings. The first kappa shape index (κ1) is 15.8. The summed E-state index contributed by atoms with van der Waals surface area (Å²) < 4.78 is 1.96. The van der Waals surface area contributed by atoms with E-state index in [-0.39, 0.29) is 5.95 Å². The lowest BCUT2D eigenvalue weighted by atomic mass is 10.0. The molecule has 1 saturated heterocycles. The van der Waals surface area contributed by atoms with Crippen molar-refractivity contribution in [2.45, 2.75) is 18.9 Å². The number of nitrogens with zero attached hydrogens (tertiary/aromatic N) is 6. The standard InChI is InChI=1S/C18H23N7/c1-23-10-5-13(6-11-23)24(2)15-3-8-20-17-14(15)7-12-25(17)16-4-9-21-18(19)22-16/h3-4,7-9,12-13H,5-6,10-11H2,1-2H3,(H2,19,21,22). The van der Waals surface area contributed by atoms with E-state index in [4.69, 9.17) is 5.73 Å². The molecule has 4 rings (SSSR count). The van der Waals surface area contributed by atoms with Crippen molar-refractivity contribution in [2.75, 3.05) is 37.8 Å². The van der Waals surface area contributed by atoms with Gasteiger partial charge < -0.3 is 15.5 Å². The van der Waals surface area contributed by atoms with Gasteiger partial charge in [-0.25, -0.2) is 9.97 Å². The van der Waals surface area contributed by atoms with Gasteiger partial charge in [0, 0.05) is 42.8 Å². The third-order valence-corrected chi connectivity index (χ3v) is 5.09. The molecular formula is C18H23N7. The first-order chi connectivity index (χ1) is 12.1. The zero-order valence-electron chi connectivity index (χ0n) is 14.6. The second-order valence-electron chi connectivity index (χ2n) is 6.67. The van der Waals surface area contributed by atoms with Crippen LogP contribution in [0.15, 0.2) is 36.8 Å². The van der Waals surface area contributed by atoms with E-state index in [2.05, 4.69) is 51.0 Å². The highest BCUT2D eigenvalue weighted by Crippen LogP contribution is 2.30. The molecule has 2 N–H and O–H groups in total. The van der Waals surface area contributed by atoms with Crippen molar-refractivity contribution < 1.29 is 0 Å². The Morgan fingerprint density at radius 1 is 1.12 bits per heavy atom. The molecule has 3 aromatic heterocycles. The van der Waals surface area contributed by atoms with Crippen LogP contribution in [0.1, 0.15) is 12.8 Å². The van der Waals surface area contributed by atoms with E-state index in [0.29, 0.717) is 6.04 Å². The Kier molecular flexibility index (Phi) is 4.01. The molecule has 0 aliphatic carbocycles. The van der Waals surface area contributed by atoms with Crippen molar-refractivity contribution in [1.82, 2.24) is 24.4 Å². The number of nitrogens with two attached hydrogens (primary N) is 1. The van der Waals surface area contributed by atoms with Gasteiger partial charge in [0.25, 0.3) is 0 Å². The van der Waals surface area contributed by atoms with Crippen LogP contribution in [0.5, 0.6) is 0 Å². The molecule has 1 aliphatic heterocycles. The van der Waals surface area contributed by atoms with Crippen molar-refractivity contribution in [3.05, 3.63) is 36.8 Å². The molecule has 3 aromatic rings. The molecule has 0 unspecified atom stereocenters. The second-order valence-corrected chi connectivity index (χ2v) is 6.67. The normalized spacial score (nSPS) is 16.4. The number of aromatic nitrogens is 4. The molecule has 0 atom stereocenters. The van der Waals surface area contributed by atoms with Crippen LogP contribution >= 0.6 is 0 Å². The van der Waals surface area contributed by atoms with E-state index >= 15 is 0 Å². The maximum absolute atomic E-state index is 5.73. The number of pyridine rings is 1. The van der Waals surface area contributed by atoms with Crippen LogP contribution in [0.3, 0.4) is 0 Å². The lowest BCUT2D eigenvalue weighted by molar-refractivity contribution is 0.253. The number of fused-ring (bicyclic) bond motifs is 1. The third-order valence-electron chi connectivity index (χ3n) is 5.09. The van der Waals surface area contributed by atoms with Gasteiger partial charge in [-0.15, -0.1) is 0 Å². The summed E-state index contributed by atoms with van der Waals surface area (Å²) in [7, 11) is 4.37. The van der Waals surface area contributed by atoms with E-state index < -0.39 is 0 Å². The van der Waals surface area contributed by atoms with E-state index in [0.717, 1.165) is 29.9 Å². The molecule has 7 heteroatoms. The topological polar surface area (TPSA) is 76.1 Å². The fourth-order valence-electron chi connectivity index (χ4n) is 3.59. The number of nitrogen functional groups attached to an aromatic ring is 1. The average molecular weight is 337 g/mol. The summed E-state index contributed by atoms with van der Waals surface area (Å²) in [6, 6.07) is 6.59. The summed E-state index contributed by atoms with van der Waals surface area (Å²) in [6.07, 6.45) is 7.88. The maximum atomic E-state index is 5.73. The largest absolute Gasteiger partial charge is 0.371 e. The maximum Gasteiger partial charge on any atom is 0.221 e. The number of likely N-dealkylation sites (tertiary alicyclic amines) is 1. The van der Waals surface area contributed by atoms with E-state index in [1.165, 1.54) is 18.5 Å². The van der Waals surface area contributed by atoms with Gasteiger partial charge in [-0.3, -0.25) is 4.57 Å². The Labute approximate surface area is 147 Å². The first-order valence-electron chi connectivity index (χ1n) is 8.60. The molecule has 1 fully saturated rings. The number of piperidine rings is 1. The minimum absolute atomic E-state index is 0.263. The molecule has 130 valence electrons. The molecule has 0 saturated carbocycles. The van der Waals surface area contributed by atoms with Crippen LogP contribution in [-0.2, 0) is 0 Å². The molecule has 0 bridgehead atoms. The van der Waals surface area contributed by atoms with Gasteiger partial charge >= 0.3 is 0 Å². The minimum Gasteiger partial charge on any atom is -0.371 e. The first-order valence-corrected chi connectivity index (χ1v) is 8.60. The van der Waals surface area contributed by atoms with Crippen LogP contribution in [0.25, 0.3) is 16.9 Å². The van der Waals surface area contributed by atoms with Crippen LogP contribution < -0.4 is 10.6 Å². The van der Waals surface area contributed by atoms with Crippen LogP contribution in [0.2, 0.25) is 0 Å². The third kappa shape index (κ3) is 2.91. The summed E-state index contributed by atoms with van der Waals surface area (Å²) in [5.74, 6) is 0.994. The van der Waals surface area contributed by atoms with Crippen LogP contribution in [0, 0.1) is 0 Å². The summed E-state index contributed by atoms with van der Waals surface area (Å²) in [4.78, 5) is 17.6. The molecule has 4 heterocycles. The predicted octanol–water partition coefficient (Wildman–Crippen LogP) is 1.93. The smallest absolute Gasteiger partial charge is 0.221 e. The minimum atomic E-state index is 0.263. The highest BCUT2D eigenvalue weighted by molar-refractivity contribution is 5.91. The summed E-state index contributed by atoms with van der Waals surface area (Å²) in [5, 5.41) is 1.13. The Bertz CT molecular complexity index is 880. The molecule has 0 spiro atoms. The highest BCUT2D eigenvalue weighted by atomic mass is 15.2. The fourth-order valence-corrected chi connectivity index (χ4v) is 3.59. The Morgan fingerprint density at radius 3 is 2.64 bits per heavy atom. The lowest BCUT2D eigenvalue weighted by Crippen LogP contribution is -2.42. The van der Waals surface area contributed by atoms with Crippen molar-refractivity contribution in [1.29, 1.82) is 0 Å². The van der Waals surface area contributed by atoms with Gasteiger partial charge in [0.15, 0.2) is 0 Å². The van der Waals surface area contributed by atoms with Gasteiger partial charge in [0.2, 0.25) is 5.95 Å². The SMILES string of the molecule is CN1CCC(N(C)c2ccnc3c2ccn3-c2ccnc(N)n2)CC1. The average Bonchev–Trinajstić information content (AvgIpc) is 3.06. The summed E-state index contributed by atoms with van der Waals surface area (Å²) in [5.41, 5.74) is 7.82. The Hall–Kier alpha value is -2.67. The zero-order valence-corrected chi connectivity index (χ0v) is 14.6. The number of hydrogen-bond donors (Lipinski definition) is 1. The van der Waals surface area contributed by atoms with Gasteiger partial charge in [-0.1, -0.05) is 0 Å². The Balaban J connectivity index is 1.72. The molecular weight excluding hydrogens is 314 g/mol. The van der Waals surface area contributed by atoms with E-state index in [9.17, 15) is 0 Å². The van der Waals surface area contributed by atoms with Crippen molar-refractivity contribution in [2.24, 2.45) is 0 Å². The molecule has 0 aromatic carbocycles. The summed E-state index contributed by atoms with van der Waals surface area (Å²) >= 11 is 0. The predicted molar refractivity (Wildman–Crippen MR) is 100.0 cm³/mol. The van der Waals surface area contributed by atoms with Crippen LogP contribution in [0.4, 0.5) is 11.6 Å². The number of hydrogen-bond acceptors (Lipinski definition) is 6. The zero-order chi connectivity index (χ0) is 17.4. The monoisotopic (exact) mass is 337 g/mol. The van der Waals surface area contributed by atoms with Gasteiger partial charge in [0.1, 0.15) is 11.5 Å². The highest BCUT2D eigenvalue weighted by Gasteiger charge is 2.22. The molecule has 0 amide bonds.